The minimum absolute atomic E-state index is 0.00674. The Hall–Kier alpha value is -2.61. The fourth-order valence-corrected chi connectivity index (χ4v) is 3.39. The Kier molecular flexibility index (Phi) is 8.23. The van der Waals surface area contributed by atoms with E-state index in [1.165, 1.54) is 0 Å². The molecule has 8 heteroatoms. The average Bonchev–Trinajstić information content (AvgIpc) is 2.65. The van der Waals surface area contributed by atoms with Gasteiger partial charge in [-0.15, -0.1) is 0 Å². The maximum atomic E-state index is 12.1. The van der Waals surface area contributed by atoms with Gasteiger partial charge in [0.05, 0.1) is 17.8 Å². The number of nitrogens with zero attached hydrogens (tertiary/aromatic N) is 2. The van der Waals surface area contributed by atoms with Gasteiger partial charge in [0.15, 0.2) is 0 Å². The third-order valence-electron chi connectivity index (χ3n) is 4.88. The van der Waals surface area contributed by atoms with E-state index in [0.29, 0.717) is 31.7 Å². The summed E-state index contributed by atoms with van der Waals surface area (Å²) in [6.07, 6.45) is 2.05. The zero-order valence-electron chi connectivity index (χ0n) is 18.5. The zero-order valence-corrected chi connectivity index (χ0v) is 18.5. The van der Waals surface area contributed by atoms with Crippen molar-refractivity contribution in [2.75, 3.05) is 42.9 Å². The highest BCUT2D eigenvalue weighted by molar-refractivity contribution is 6.01. The molecule has 0 atom stereocenters. The van der Waals surface area contributed by atoms with Crippen molar-refractivity contribution in [1.29, 1.82) is 0 Å². The number of hydrogen-bond donors (Lipinski definition) is 3. The Balaban J connectivity index is 1.98. The van der Waals surface area contributed by atoms with Crippen LogP contribution in [0.15, 0.2) is 18.2 Å². The predicted molar refractivity (Wildman–Crippen MR) is 118 cm³/mol. The van der Waals surface area contributed by atoms with Crippen LogP contribution in [0.25, 0.3) is 0 Å². The molecule has 2 amide bonds. The standard InChI is InChI=1S/C22H34N4O4/c1-5-6-7-19(27)23-18-9-8-16(14-17(18)21(29)30)26-12-10-25(11-13-26)15-20(28)24-22(2,3)4/h8-9,14H,5-7,10-13,15H2,1-4H3,(H,23,27)(H,24,28)(H,29,30). The molecule has 0 spiro atoms. The molecule has 1 fully saturated rings. The number of rotatable bonds is 8. The lowest BCUT2D eigenvalue weighted by Crippen LogP contribution is -2.51. The molecular weight excluding hydrogens is 384 g/mol. The van der Waals surface area contributed by atoms with Crippen LogP contribution in [-0.4, -0.2) is 66.1 Å². The van der Waals surface area contributed by atoms with E-state index in [1.54, 1.807) is 12.1 Å². The first-order chi connectivity index (χ1) is 14.1. The van der Waals surface area contributed by atoms with Crippen molar-refractivity contribution >= 4 is 29.2 Å². The molecule has 0 saturated carbocycles. The number of piperazine rings is 1. The van der Waals surface area contributed by atoms with Gasteiger partial charge < -0.3 is 20.6 Å². The number of carbonyl (C=O) groups excluding carboxylic acids is 2. The summed E-state index contributed by atoms with van der Waals surface area (Å²) in [5, 5.41) is 15.3. The van der Waals surface area contributed by atoms with Gasteiger partial charge >= 0.3 is 5.97 Å². The molecule has 0 bridgehead atoms. The van der Waals surface area contributed by atoms with Gasteiger partial charge in [-0.2, -0.15) is 0 Å². The van der Waals surface area contributed by atoms with E-state index < -0.39 is 5.97 Å². The van der Waals surface area contributed by atoms with E-state index in [9.17, 15) is 19.5 Å². The highest BCUT2D eigenvalue weighted by Gasteiger charge is 2.22. The number of benzene rings is 1. The molecule has 1 heterocycles. The molecule has 0 aromatic heterocycles. The summed E-state index contributed by atoms with van der Waals surface area (Å²) in [6, 6.07) is 5.11. The molecule has 0 aliphatic carbocycles. The van der Waals surface area contributed by atoms with Gasteiger partial charge in [-0.1, -0.05) is 13.3 Å². The minimum atomic E-state index is -1.07. The first-order valence-corrected chi connectivity index (χ1v) is 10.5. The van der Waals surface area contributed by atoms with Gasteiger partial charge in [0.25, 0.3) is 0 Å². The first kappa shape index (κ1) is 23.7. The lowest BCUT2D eigenvalue weighted by atomic mass is 10.1. The molecule has 1 aliphatic rings. The summed E-state index contributed by atoms with van der Waals surface area (Å²) in [4.78, 5) is 40.0. The predicted octanol–water partition coefficient (Wildman–Crippen LogP) is 2.55. The van der Waals surface area contributed by atoms with Crippen molar-refractivity contribution in [3.8, 4) is 0 Å². The number of nitrogens with one attached hydrogen (secondary N) is 2. The van der Waals surface area contributed by atoms with Crippen LogP contribution in [0.3, 0.4) is 0 Å². The molecule has 8 nitrogen and oxygen atoms in total. The van der Waals surface area contributed by atoms with Crippen molar-refractivity contribution in [1.82, 2.24) is 10.2 Å². The third-order valence-corrected chi connectivity index (χ3v) is 4.88. The van der Waals surface area contributed by atoms with Crippen molar-refractivity contribution in [2.45, 2.75) is 52.5 Å². The molecule has 1 aromatic rings. The van der Waals surface area contributed by atoms with Crippen LogP contribution < -0.4 is 15.5 Å². The van der Waals surface area contributed by atoms with Gasteiger partial charge in [-0.05, 0) is 45.4 Å². The van der Waals surface area contributed by atoms with Crippen molar-refractivity contribution in [3.63, 3.8) is 0 Å². The highest BCUT2D eigenvalue weighted by atomic mass is 16.4. The van der Waals surface area contributed by atoms with Crippen LogP contribution in [0.4, 0.5) is 11.4 Å². The Labute approximate surface area is 178 Å². The molecule has 30 heavy (non-hydrogen) atoms. The van der Waals surface area contributed by atoms with Crippen molar-refractivity contribution in [2.24, 2.45) is 0 Å². The normalized spacial score (nSPS) is 15.0. The topological polar surface area (TPSA) is 102 Å². The average molecular weight is 419 g/mol. The zero-order chi connectivity index (χ0) is 22.3. The Bertz CT molecular complexity index is 765. The number of aromatic carboxylic acids is 1. The Morgan fingerprint density at radius 1 is 1.07 bits per heavy atom. The van der Waals surface area contributed by atoms with Crippen LogP contribution >= 0.6 is 0 Å². The Morgan fingerprint density at radius 2 is 1.73 bits per heavy atom. The molecule has 166 valence electrons. The number of carbonyl (C=O) groups is 3. The second-order valence-electron chi connectivity index (χ2n) is 8.75. The highest BCUT2D eigenvalue weighted by Crippen LogP contribution is 2.25. The molecular formula is C22H34N4O4. The SMILES string of the molecule is CCCCC(=O)Nc1ccc(N2CCN(CC(=O)NC(C)(C)C)CC2)cc1C(=O)O. The van der Waals surface area contributed by atoms with Gasteiger partial charge in [-0.3, -0.25) is 14.5 Å². The molecule has 0 radical (unpaired) electrons. The number of amides is 2. The quantitative estimate of drug-likeness (QED) is 0.600. The van der Waals surface area contributed by atoms with E-state index in [-0.39, 0.29) is 22.9 Å². The van der Waals surface area contributed by atoms with E-state index in [1.807, 2.05) is 33.8 Å². The fraction of sp³-hybridized carbons (Fsp3) is 0.591. The smallest absolute Gasteiger partial charge is 0.337 e. The van der Waals surface area contributed by atoms with Gasteiger partial charge in [0.1, 0.15) is 0 Å². The summed E-state index contributed by atoms with van der Waals surface area (Å²) < 4.78 is 0. The largest absolute Gasteiger partial charge is 0.478 e. The molecule has 1 aromatic carbocycles. The van der Waals surface area contributed by atoms with E-state index in [0.717, 1.165) is 31.6 Å². The van der Waals surface area contributed by atoms with Crippen LogP contribution in [0.2, 0.25) is 0 Å². The molecule has 1 saturated heterocycles. The van der Waals surface area contributed by atoms with Crippen LogP contribution in [0.5, 0.6) is 0 Å². The summed E-state index contributed by atoms with van der Waals surface area (Å²) in [6.45, 7) is 11.1. The molecule has 3 N–H and O–H groups in total. The van der Waals surface area contributed by atoms with Gasteiger partial charge in [0, 0.05) is 43.8 Å². The van der Waals surface area contributed by atoms with Crippen LogP contribution in [-0.2, 0) is 9.59 Å². The number of carboxylic acid groups (broad SMARTS) is 1. The van der Waals surface area contributed by atoms with Crippen LogP contribution in [0.1, 0.15) is 57.3 Å². The summed E-state index contributed by atoms with van der Waals surface area (Å²) in [5.74, 6) is -1.23. The second-order valence-corrected chi connectivity index (χ2v) is 8.75. The summed E-state index contributed by atoms with van der Waals surface area (Å²) >= 11 is 0. The number of anilines is 2. The van der Waals surface area contributed by atoms with E-state index in [4.69, 9.17) is 0 Å². The van der Waals surface area contributed by atoms with Crippen molar-refractivity contribution in [3.05, 3.63) is 23.8 Å². The van der Waals surface area contributed by atoms with E-state index >= 15 is 0 Å². The maximum Gasteiger partial charge on any atom is 0.337 e. The summed E-state index contributed by atoms with van der Waals surface area (Å²) in [7, 11) is 0. The van der Waals surface area contributed by atoms with Crippen LogP contribution in [0, 0.1) is 0 Å². The van der Waals surface area contributed by atoms with Gasteiger partial charge in [0.2, 0.25) is 11.8 Å². The lowest BCUT2D eigenvalue weighted by Gasteiger charge is -2.36. The van der Waals surface area contributed by atoms with Crippen molar-refractivity contribution < 1.29 is 19.5 Å². The second kappa shape index (κ2) is 10.4. The summed E-state index contributed by atoms with van der Waals surface area (Å²) in [5.41, 5.74) is 0.965. The molecule has 0 unspecified atom stereocenters. The maximum absolute atomic E-state index is 12.1. The van der Waals surface area contributed by atoms with Gasteiger partial charge in [-0.25, -0.2) is 4.79 Å². The number of unbranched alkanes of at least 4 members (excludes halogenated alkanes) is 1. The molecule has 1 aliphatic heterocycles. The minimum Gasteiger partial charge on any atom is -0.478 e. The number of carboxylic acids is 1. The number of hydrogen-bond acceptors (Lipinski definition) is 5. The Morgan fingerprint density at radius 3 is 2.30 bits per heavy atom. The lowest BCUT2D eigenvalue weighted by molar-refractivity contribution is -0.123. The molecule has 2 rings (SSSR count). The fourth-order valence-electron chi connectivity index (χ4n) is 3.39. The first-order valence-electron chi connectivity index (χ1n) is 10.5. The monoisotopic (exact) mass is 418 g/mol. The third kappa shape index (κ3) is 7.33. The van der Waals surface area contributed by atoms with E-state index in [2.05, 4.69) is 20.4 Å².